The van der Waals surface area contributed by atoms with Gasteiger partial charge in [0.1, 0.15) is 0 Å². The third-order valence-electron chi connectivity index (χ3n) is 3.93. The lowest BCUT2D eigenvalue weighted by Crippen LogP contribution is -2.35. The molecule has 19 heavy (non-hydrogen) atoms. The number of likely N-dealkylation sites (tertiary alicyclic amines) is 1. The van der Waals surface area contributed by atoms with Crippen molar-refractivity contribution < 1.29 is 4.79 Å². The van der Waals surface area contributed by atoms with Crippen LogP contribution in [0.25, 0.3) is 0 Å². The molecule has 0 aromatic heterocycles. The van der Waals surface area contributed by atoms with Crippen molar-refractivity contribution in [2.45, 2.75) is 32.6 Å². The molecule has 0 atom stereocenters. The van der Waals surface area contributed by atoms with Crippen LogP contribution in [0.3, 0.4) is 0 Å². The predicted octanol–water partition coefficient (Wildman–Crippen LogP) is 3.09. The Bertz CT molecular complexity index is 417. The van der Waals surface area contributed by atoms with Gasteiger partial charge in [-0.15, -0.1) is 0 Å². The number of hydrogen-bond acceptors (Lipinski definition) is 2. The topological polar surface area (TPSA) is 32.3 Å². The average Bonchev–Trinajstić information content (AvgIpc) is 2.40. The van der Waals surface area contributed by atoms with E-state index in [1.165, 1.54) is 5.56 Å². The molecule has 2 rings (SSSR count). The highest BCUT2D eigenvalue weighted by atomic mass is 16.1. The summed E-state index contributed by atoms with van der Waals surface area (Å²) in [4.78, 5) is 14.4. The third kappa shape index (κ3) is 3.80. The highest BCUT2D eigenvalue weighted by Gasteiger charge is 2.23. The Morgan fingerprint density at radius 1 is 1.21 bits per heavy atom. The van der Waals surface area contributed by atoms with Crippen molar-refractivity contribution in [1.29, 1.82) is 0 Å². The van der Waals surface area contributed by atoms with Gasteiger partial charge in [0.25, 0.3) is 0 Å². The third-order valence-corrected chi connectivity index (χ3v) is 3.93. The lowest BCUT2D eigenvalue weighted by molar-refractivity contribution is -0.121. The summed E-state index contributed by atoms with van der Waals surface area (Å²) in [7, 11) is 2.11. The first-order chi connectivity index (χ1) is 9.06. The van der Waals surface area contributed by atoms with Gasteiger partial charge in [0, 0.05) is 11.6 Å². The van der Waals surface area contributed by atoms with E-state index in [-0.39, 0.29) is 11.8 Å². The first-order valence-corrected chi connectivity index (χ1v) is 7.15. The second-order valence-corrected chi connectivity index (χ2v) is 5.84. The van der Waals surface area contributed by atoms with E-state index in [1.54, 1.807) is 0 Å². The van der Waals surface area contributed by atoms with E-state index >= 15 is 0 Å². The molecule has 1 heterocycles. The molecule has 0 saturated carbocycles. The number of hydrogen-bond donors (Lipinski definition) is 1. The zero-order valence-corrected chi connectivity index (χ0v) is 12.1. The molecule has 0 unspecified atom stereocenters. The van der Waals surface area contributed by atoms with Crippen LogP contribution >= 0.6 is 0 Å². The zero-order chi connectivity index (χ0) is 13.8. The number of rotatable bonds is 3. The van der Waals surface area contributed by atoms with Crippen LogP contribution in [-0.2, 0) is 4.79 Å². The van der Waals surface area contributed by atoms with Crippen molar-refractivity contribution in [3.8, 4) is 0 Å². The molecular weight excluding hydrogens is 236 g/mol. The highest BCUT2D eigenvalue weighted by Crippen LogP contribution is 2.20. The van der Waals surface area contributed by atoms with Crippen LogP contribution < -0.4 is 5.32 Å². The fourth-order valence-electron chi connectivity index (χ4n) is 2.47. The summed E-state index contributed by atoms with van der Waals surface area (Å²) in [5, 5.41) is 3.04. The Kier molecular flexibility index (Phi) is 4.59. The van der Waals surface area contributed by atoms with Crippen molar-refractivity contribution in [3.63, 3.8) is 0 Å². The molecule has 1 aromatic rings. The van der Waals surface area contributed by atoms with E-state index in [4.69, 9.17) is 0 Å². The van der Waals surface area contributed by atoms with E-state index in [9.17, 15) is 4.79 Å². The number of carbonyl (C=O) groups is 1. The van der Waals surface area contributed by atoms with Crippen molar-refractivity contribution in [3.05, 3.63) is 29.8 Å². The number of nitrogens with one attached hydrogen (secondary N) is 1. The molecule has 1 saturated heterocycles. The quantitative estimate of drug-likeness (QED) is 0.905. The average molecular weight is 260 g/mol. The number of piperidine rings is 1. The van der Waals surface area contributed by atoms with Crippen LogP contribution in [-0.4, -0.2) is 30.9 Å². The van der Waals surface area contributed by atoms with Gasteiger partial charge in [0.15, 0.2) is 0 Å². The van der Waals surface area contributed by atoms with Crippen LogP contribution in [0.5, 0.6) is 0 Å². The Hall–Kier alpha value is -1.35. The largest absolute Gasteiger partial charge is 0.326 e. The van der Waals surface area contributed by atoms with Crippen LogP contribution in [0.15, 0.2) is 24.3 Å². The van der Waals surface area contributed by atoms with E-state index in [0.717, 1.165) is 31.6 Å². The fraction of sp³-hybridized carbons (Fsp3) is 0.562. The molecule has 1 aliphatic rings. The minimum absolute atomic E-state index is 0.168. The molecule has 0 spiro atoms. The maximum absolute atomic E-state index is 12.2. The van der Waals surface area contributed by atoms with Gasteiger partial charge in [-0.1, -0.05) is 26.0 Å². The fourth-order valence-corrected chi connectivity index (χ4v) is 2.47. The first kappa shape index (κ1) is 14.1. The summed E-state index contributed by atoms with van der Waals surface area (Å²) in [5.74, 6) is 0.866. The Morgan fingerprint density at radius 2 is 1.79 bits per heavy atom. The van der Waals surface area contributed by atoms with Gasteiger partial charge in [0.05, 0.1) is 0 Å². The van der Waals surface area contributed by atoms with Crippen molar-refractivity contribution in [2.24, 2.45) is 5.92 Å². The standard InChI is InChI=1S/C16H24N2O/c1-12(2)13-4-6-15(7-5-13)17-16(19)14-8-10-18(3)11-9-14/h4-7,12,14H,8-11H2,1-3H3,(H,17,19). The normalized spacial score (nSPS) is 17.7. The summed E-state index contributed by atoms with van der Waals surface area (Å²) in [6.45, 7) is 6.38. The van der Waals surface area contributed by atoms with Crippen molar-refractivity contribution in [1.82, 2.24) is 4.90 Å². The van der Waals surface area contributed by atoms with Gasteiger partial charge in [-0.2, -0.15) is 0 Å². The molecule has 104 valence electrons. The molecule has 3 heteroatoms. The van der Waals surface area contributed by atoms with Crippen LogP contribution in [0, 0.1) is 5.92 Å². The van der Waals surface area contributed by atoms with Gasteiger partial charge in [-0.3, -0.25) is 4.79 Å². The van der Waals surface area contributed by atoms with Gasteiger partial charge in [-0.25, -0.2) is 0 Å². The smallest absolute Gasteiger partial charge is 0.227 e. The Balaban J connectivity index is 1.91. The first-order valence-electron chi connectivity index (χ1n) is 7.15. The molecule has 0 bridgehead atoms. The van der Waals surface area contributed by atoms with E-state index in [0.29, 0.717) is 5.92 Å². The van der Waals surface area contributed by atoms with Gasteiger partial charge < -0.3 is 10.2 Å². The molecule has 0 aliphatic carbocycles. The minimum Gasteiger partial charge on any atom is -0.326 e. The summed E-state index contributed by atoms with van der Waals surface area (Å²) >= 11 is 0. The molecule has 1 N–H and O–H groups in total. The Labute approximate surface area is 116 Å². The predicted molar refractivity (Wildman–Crippen MR) is 79.4 cm³/mol. The highest BCUT2D eigenvalue weighted by molar-refractivity contribution is 5.92. The van der Waals surface area contributed by atoms with Crippen LogP contribution in [0.1, 0.15) is 38.2 Å². The van der Waals surface area contributed by atoms with Crippen LogP contribution in [0.2, 0.25) is 0 Å². The van der Waals surface area contributed by atoms with Gasteiger partial charge in [-0.05, 0) is 56.6 Å². The molecule has 1 aliphatic heterocycles. The lowest BCUT2D eigenvalue weighted by atomic mass is 9.96. The molecule has 0 radical (unpaired) electrons. The Morgan fingerprint density at radius 3 is 2.32 bits per heavy atom. The van der Waals surface area contributed by atoms with E-state index < -0.39 is 0 Å². The number of anilines is 1. The second-order valence-electron chi connectivity index (χ2n) is 5.84. The molecule has 1 aromatic carbocycles. The monoisotopic (exact) mass is 260 g/mol. The zero-order valence-electron chi connectivity index (χ0n) is 12.1. The van der Waals surface area contributed by atoms with Crippen LogP contribution in [0.4, 0.5) is 5.69 Å². The summed E-state index contributed by atoms with van der Waals surface area (Å²) in [5.41, 5.74) is 2.21. The summed E-state index contributed by atoms with van der Waals surface area (Å²) in [6.07, 6.45) is 1.93. The molecule has 1 amide bonds. The lowest BCUT2D eigenvalue weighted by Gasteiger charge is -2.28. The molecule has 1 fully saturated rings. The number of benzene rings is 1. The summed E-state index contributed by atoms with van der Waals surface area (Å²) in [6, 6.07) is 8.19. The number of nitrogens with zero attached hydrogens (tertiary/aromatic N) is 1. The number of carbonyl (C=O) groups excluding carboxylic acids is 1. The maximum atomic E-state index is 12.2. The summed E-state index contributed by atoms with van der Waals surface area (Å²) < 4.78 is 0. The molecular formula is C16H24N2O. The molecule has 3 nitrogen and oxygen atoms in total. The number of amides is 1. The maximum Gasteiger partial charge on any atom is 0.227 e. The van der Waals surface area contributed by atoms with Gasteiger partial charge >= 0.3 is 0 Å². The van der Waals surface area contributed by atoms with Crippen molar-refractivity contribution >= 4 is 11.6 Å². The van der Waals surface area contributed by atoms with Gasteiger partial charge in [0.2, 0.25) is 5.91 Å². The van der Waals surface area contributed by atoms with E-state index in [1.807, 2.05) is 12.1 Å². The SMILES string of the molecule is CC(C)c1ccc(NC(=O)C2CCN(C)CC2)cc1. The van der Waals surface area contributed by atoms with Crippen molar-refractivity contribution in [2.75, 3.05) is 25.5 Å². The minimum atomic E-state index is 0.168. The second kappa shape index (κ2) is 6.20. The van der Waals surface area contributed by atoms with E-state index in [2.05, 4.69) is 43.2 Å².